The minimum Gasteiger partial charge on any atom is -0.378 e. The van der Waals surface area contributed by atoms with E-state index in [1.54, 1.807) is 24.3 Å². The molecule has 0 aliphatic rings. The summed E-state index contributed by atoms with van der Waals surface area (Å²) in [6.45, 7) is -1.16. The molecule has 9 heteroatoms. The van der Waals surface area contributed by atoms with Gasteiger partial charge in [0.15, 0.2) is 12.4 Å². The van der Waals surface area contributed by atoms with Crippen LogP contribution in [-0.4, -0.2) is 26.4 Å². The predicted octanol–water partition coefficient (Wildman–Crippen LogP) is 1.72. The zero-order chi connectivity index (χ0) is 14.6. The molecular weight excluding hydrogens is 273 g/mol. The van der Waals surface area contributed by atoms with Crippen LogP contribution in [0, 0.1) is 11.3 Å². The van der Waals surface area contributed by atoms with Crippen LogP contribution in [0.1, 0.15) is 11.4 Å². The molecule has 1 aromatic carbocycles. The van der Waals surface area contributed by atoms with Crippen molar-refractivity contribution in [1.82, 2.24) is 20.2 Å². The first kappa shape index (κ1) is 13.8. The quantitative estimate of drug-likeness (QED) is 0.923. The van der Waals surface area contributed by atoms with E-state index in [0.29, 0.717) is 16.0 Å². The second-order valence-corrected chi connectivity index (χ2v) is 3.90. The minimum absolute atomic E-state index is 0.118. The highest BCUT2D eigenvalue weighted by molar-refractivity contribution is 5.48. The fourth-order valence-corrected chi connectivity index (χ4v) is 1.45. The second-order valence-electron chi connectivity index (χ2n) is 3.90. The van der Waals surface area contributed by atoms with Crippen molar-refractivity contribution < 1.29 is 13.2 Å². The summed E-state index contributed by atoms with van der Waals surface area (Å²) >= 11 is 0. The number of rotatable bonds is 4. The molecule has 0 fully saturated rings. The SMILES string of the molecule is N#Cc1cccc(NCc2nnn(CC(F)(F)F)n2)c1. The van der Waals surface area contributed by atoms with E-state index in [2.05, 4.69) is 20.7 Å². The number of nitrogens with zero attached hydrogens (tertiary/aromatic N) is 5. The second kappa shape index (κ2) is 5.56. The number of anilines is 1. The Labute approximate surface area is 111 Å². The molecule has 20 heavy (non-hydrogen) atoms. The lowest BCUT2D eigenvalue weighted by atomic mass is 10.2. The van der Waals surface area contributed by atoms with E-state index in [4.69, 9.17) is 5.26 Å². The molecule has 1 N–H and O–H groups in total. The zero-order valence-corrected chi connectivity index (χ0v) is 10.1. The van der Waals surface area contributed by atoms with Gasteiger partial charge in [-0.1, -0.05) is 6.07 Å². The normalized spacial score (nSPS) is 11.1. The van der Waals surface area contributed by atoms with E-state index in [1.807, 2.05) is 6.07 Å². The summed E-state index contributed by atoms with van der Waals surface area (Å²) in [5, 5.41) is 22.1. The van der Waals surface area contributed by atoms with E-state index in [0.717, 1.165) is 0 Å². The van der Waals surface area contributed by atoms with E-state index in [9.17, 15) is 13.2 Å². The van der Waals surface area contributed by atoms with Gasteiger partial charge in [-0.3, -0.25) is 0 Å². The Kier molecular flexibility index (Phi) is 3.84. The highest BCUT2D eigenvalue weighted by Gasteiger charge is 2.29. The van der Waals surface area contributed by atoms with Gasteiger partial charge < -0.3 is 5.32 Å². The van der Waals surface area contributed by atoms with Gasteiger partial charge in [0.2, 0.25) is 0 Å². The summed E-state index contributed by atoms with van der Waals surface area (Å²) in [6, 6.07) is 8.65. The molecule has 0 aliphatic carbocycles. The summed E-state index contributed by atoms with van der Waals surface area (Å²) in [5.41, 5.74) is 1.12. The predicted molar refractivity (Wildman–Crippen MR) is 62.4 cm³/mol. The monoisotopic (exact) mass is 282 g/mol. The number of alkyl halides is 3. The van der Waals surface area contributed by atoms with Crippen LogP contribution in [0.5, 0.6) is 0 Å². The Bertz CT molecular complexity index is 628. The topological polar surface area (TPSA) is 79.4 Å². The first-order valence-electron chi connectivity index (χ1n) is 5.54. The van der Waals surface area contributed by atoms with Gasteiger partial charge >= 0.3 is 6.18 Å². The van der Waals surface area contributed by atoms with Crippen LogP contribution < -0.4 is 5.32 Å². The molecule has 1 heterocycles. The lowest BCUT2D eigenvalue weighted by molar-refractivity contribution is -0.145. The van der Waals surface area contributed by atoms with E-state index in [-0.39, 0.29) is 12.4 Å². The Morgan fingerprint density at radius 1 is 1.35 bits per heavy atom. The third kappa shape index (κ3) is 3.94. The Morgan fingerprint density at radius 3 is 2.85 bits per heavy atom. The van der Waals surface area contributed by atoms with Crippen molar-refractivity contribution in [1.29, 1.82) is 5.26 Å². The molecule has 0 radical (unpaired) electrons. The third-order valence-corrected chi connectivity index (χ3v) is 2.26. The van der Waals surface area contributed by atoms with Crippen molar-refractivity contribution in [2.75, 3.05) is 5.32 Å². The Morgan fingerprint density at radius 2 is 2.15 bits per heavy atom. The Hall–Kier alpha value is -2.63. The molecule has 2 rings (SSSR count). The van der Waals surface area contributed by atoms with Crippen LogP contribution in [0.25, 0.3) is 0 Å². The summed E-state index contributed by atoms with van der Waals surface area (Å²) in [7, 11) is 0. The first-order valence-corrected chi connectivity index (χ1v) is 5.54. The molecule has 0 spiro atoms. The first-order chi connectivity index (χ1) is 9.46. The molecular formula is C11H9F3N6. The van der Waals surface area contributed by atoms with Gasteiger partial charge in [-0.05, 0) is 23.4 Å². The number of nitrogens with one attached hydrogen (secondary N) is 1. The number of nitriles is 1. The van der Waals surface area contributed by atoms with Gasteiger partial charge in [-0.25, -0.2) is 0 Å². The van der Waals surface area contributed by atoms with Crippen LogP contribution in [0.4, 0.5) is 18.9 Å². The Balaban J connectivity index is 1.96. The van der Waals surface area contributed by atoms with E-state index in [1.165, 1.54) is 0 Å². The van der Waals surface area contributed by atoms with Crippen LogP contribution in [-0.2, 0) is 13.1 Å². The molecule has 0 bridgehead atoms. The van der Waals surface area contributed by atoms with Crippen molar-refractivity contribution in [2.45, 2.75) is 19.3 Å². The fourth-order valence-electron chi connectivity index (χ4n) is 1.45. The summed E-state index contributed by atoms with van der Waals surface area (Å²) in [5.74, 6) is 0.136. The lowest BCUT2D eigenvalue weighted by Crippen LogP contribution is -2.19. The third-order valence-electron chi connectivity index (χ3n) is 2.26. The molecule has 6 nitrogen and oxygen atoms in total. The molecule has 0 saturated carbocycles. The van der Waals surface area contributed by atoms with Crippen molar-refractivity contribution in [3.63, 3.8) is 0 Å². The molecule has 0 saturated heterocycles. The summed E-state index contributed by atoms with van der Waals surface area (Å²) in [4.78, 5) is 0.489. The average Bonchev–Trinajstić information content (AvgIpc) is 2.82. The zero-order valence-electron chi connectivity index (χ0n) is 10.1. The smallest absolute Gasteiger partial charge is 0.378 e. The average molecular weight is 282 g/mol. The number of hydrogen-bond donors (Lipinski definition) is 1. The maximum atomic E-state index is 12.1. The number of aromatic nitrogens is 4. The summed E-state index contributed by atoms with van der Waals surface area (Å²) < 4.78 is 36.3. The molecule has 1 aromatic heterocycles. The van der Waals surface area contributed by atoms with Crippen LogP contribution in [0.15, 0.2) is 24.3 Å². The summed E-state index contributed by atoms with van der Waals surface area (Å²) in [6.07, 6.45) is -4.38. The fraction of sp³-hybridized carbons (Fsp3) is 0.273. The van der Waals surface area contributed by atoms with Crippen molar-refractivity contribution in [3.8, 4) is 6.07 Å². The highest BCUT2D eigenvalue weighted by Crippen LogP contribution is 2.16. The number of halogens is 3. The standard InChI is InChI=1S/C11H9F3N6/c12-11(13,14)7-20-18-10(17-19-20)6-16-9-3-1-2-8(4-9)5-15/h1-4,16H,6-7H2. The van der Waals surface area contributed by atoms with Gasteiger partial charge in [0.1, 0.15) is 0 Å². The maximum Gasteiger partial charge on any atom is 0.409 e. The molecule has 2 aromatic rings. The van der Waals surface area contributed by atoms with E-state index < -0.39 is 12.7 Å². The number of hydrogen-bond acceptors (Lipinski definition) is 5. The van der Waals surface area contributed by atoms with Crippen molar-refractivity contribution >= 4 is 5.69 Å². The molecule has 0 amide bonds. The van der Waals surface area contributed by atoms with Crippen molar-refractivity contribution in [3.05, 3.63) is 35.7 Å². The largest absolute Gasteiger partial charge is 0.409 e. The van der Waals surface area contributed by atoms with Gasteiger partial charge in [0, 0.05) is 5.69 Å². The van der Waals surface area contributed by atoms with Crippen LogP contribution in [0.3, 0.4) is 0 Å². The molecule has 104 valence electrons. The molecule has 0 aliphatic heterocycles. The maximum absolute atomic E-state index is 12.1. The highest BCUT2D eigenvalue weighted by atomic mass is 19.4. The van der Waals surface area contributed by atoms with Crippen LogP contribution >= 0.6 is 0 Å². The molecule has 0 atom stereocenters. The van der Waals surface area contributed by atoms with Gasteiger partial charge in [0.25, 0.3) is 0 Å². The van der Waals surface area contributed by atoms with Gasteiger partial charge in [0.05, 0.1) is 18.2 Å². The van der Waals surface area contributed by atoms with Crippen LogP contribution in [0.2, 0.25) is 0 Å². The minimum atomic E-state index is -4.38. The molecule has 0 unspecified atom stereocenters. The lowest BCUT2D eigenvalue weighted by Gasteiger charge is -2.04. The van der Waals surface area contributed by atoms with Gasteiger partial charge in [-0.15, -0.1) is 10.2 Å². The van der Waals surface area contributed by atoms with Crippen molar-refractivity contribution in [2.24, 2.45) is 0 Å². The van der Waals surface area contributed by atoms with E-state index >= 15 is 0 Å². The number of tetrazole rings is 1. The van der Waals surface area contributed by atoms with Gasteiger partial charge in [-0.2, -0.15) is 23.2 Å². The number of benzene rings is 1.